The van der Waals surface area contributed by atoms with Gasteiger partial charge in [0, 0.05) is 23.5 Å². The first-order chi connectivity index (χ1) is 13.4. The lowest BCUT2D eigenvalue weighted by molar-refractivity contribution is 0.272. The number of hydrogen-bond acceptors (Lipinski definition) is 3. The summed E-state index contributed by atoms with van der Waals surface area (Å²) in [6.45, 7) is 14.6. The summed E-state index contributed by atoms with van der Waals surface area (Å²) in [6, 6.07) is 18.1. The third-order valence-corrected chi connectivity index (χ3v) is 4.20. The molecule has 0 aliphatic rings. The van der Waals surface area contributed by atoms with E-state index in [4.69, 9.17) is 4.74 Å². The molecule has 2 N–H and O–H groups in total. The summed E-state index contributed by atoms with van der Waals surface area (Å²) in [5.74, 6) is 1.05. The Kier molecular flexibility index (Phi) is 10.2. The average Bonchev–Trinajstić information content (AvgIpc) is 2.68. The third-order valence-electron chi connectivity index (χ3n) is 4.20. The highest BCUT2D eigenvalue weighted by molar-refractivity contribution is 5.51. The average molecular weight is 383 g/mol. The van der Waals surface area contributed by atoms with Crippen LogP contribution in [0, 0.1) is 0 Å². The van der Waals surface area contributed by atoms with E-state index in [1.165, 1.54) is 11.1 Å². The largest absolute Gasteiger partial charge is 0.500 e. The van der Waals surface area contributed by atoms with E-state index < -0.39 is 0 Å². The Morgan fingerprint density at radius 2 is 1.11 bits per heavy atom. The Hall–Kier alpha value is -2.42. The maximum absolute atomic E-state index is 5.69. The summed E-state index contributed by atoms with van der Waals surface area (Å²) in [5.41, 5.74) is 4.72. The molecule has 0 heterocycles. The fourth-order valence-corrected chi connectivity index (χ4v) is 3.13. The van der Waals surface area contributed by atoms with Crippen molar-refractivity contribution >= 4 is 11.4 Å². The number of hydrogen-bond donors (Lipinski definition) is 2. The molecule has 0 saturated heterocycles. The van der Waals surface area contributed by atoms with Crippen molar-refractivity contribution in [3.63, 3.8) is 0 Å². The van der Waals surface area contributed by atoms with Gasteiger partial charge in [-0.25, -0.2) is 0 Å². The number of rotatable bonds is 8. The molecule has 0 atom stereocenters. The van der Waals surface area contributed by atoms with Crippen LogP contribution in [0.2, 0.25) is 0 Å². The molecule has 2 aromatic rings. The lowest BCUT2D eigenvalue weighted by Crippen LogP contribution is -2.11. The molecule has 0 saturated carbocycles. The number of allylic oxidation sites excluding steroid dienone is 2. The monoisotopic (exact) mass is 382 g/mol. The van der Waals surface area contributed by atoms with Crippen LogP contribution in [0.15, 0.2) is 60.4 Å². The zero-order valence-electron chi connectivity index (χ0n) is 18.8. The second kappa shape index (κ2) is 12.1. The van der Waals surface area contributed by atoms with E-state index in [2.05, 4.69) is 86.9 Å². The molecule has 0 radical (unpaired) electrons. The first-order valence-corrected chi connectivity index (χ1v) is 10.4. The molecule has 0 spiro atoms. The third kappa shape index (κ3) is 6.95. The fraction of sp³-hybridized carbons (Fsp3) is 0.440. The van der Waals surface area contributed by atoms with E-state index in [-0.39, 0.29) is 5.92 Å². The fourth-order valence-electron chi connectivity index (χ4n) is 3.13. The van der Waals surface area contributed by atoms with Crippen molar-refractivity contribution in [2.45, 2.75) is 66.5 Å². The molecule has 0 aromatic heterocycles. The van der Waals surface area contributed by atoms with Gasteiger partial charge in [0.05, 0.1) is 13.0 Å². The maximum atomic E-state index is 5.69. The van der Waals surface area contributed by atoms with Crippen molar-refractivity contribution in [3.05, 3.63) is 71.5 Å². The van der Waals surface area contributed by atoms with Gasteiger partial charge < -0.3 is 15.4 Å². The van der Waals surface area contributed by atoms with Gasteiger partial charge in [0.25, 0.3) is 0 Å². The van der Waals surface area contributed by atoms with Crippen molar-refractivity contribution in [2.24, 2.45) is 0 Å². The normalized spacial score (nSPS) is 11.3. The van der Waals surface area contributed by atoms with Crippen LogP contribution in [0.25, 0.3) is 0 Å². The summed E-state index contributed by atoms with van der Waals surface area (Å²) >= 11 is 0. The zero-order chi connectivity index (χ0) is 21.1. The van der Waals surface area contributed by atoms with E-state index in [1.807, 2.05) is 26.8 Å². The first-order valence-electron chi connectivity index (χ1n) is 10.4. The predicted molar refractivity (Wildman–Crippen MR) is 124 cm³/mol. The minimum atomic E-state index is 0.0891. The van der Waals surface area contributed by atoms with Crippen LogP contribution in [0.4, 0.5) is 11.4 Å². The summed E-state index contributed by atoms with van der Waals surface area (Å²) in [5, 5.41) is 6.88. The van der Waals surface area contributed by atoms with E-state index in [9.17, 15) is 0 Å². The predicted octanol–water partition coefficient (Wildman–Crippen LogP) is 7.04. The van der Waals surface area contributed by atoms with Crippen molar-refractivity contribution in [2.75, 3.05) is 17.7 Å². The van der Waals surface area contributed by atoms with Gasteiger partial charge in [0.2, 0.25) is 0 Å². The lowest BCUT2D eigenvalue weighted by Gasteiger charge is -2.22. The van der Waals surface area contributed by atoms with Crippen LogP contribution in [0.1, 0.15) is 65.5 Å². The first kappa shape index (κ1) is 23.6. The van der Waals surface area contributed by atoms with E-state index >= 15 is 0 Å². The molecule has 3 nitrogen and oxygen atoms in total. The Balaban J connectivity index is 0.00000190. The highest BCUT2D eigenvalue weighted by Crippen LogP contribution is 2.33. The smallest absolute Gasteiger partial charge is 0.103 e. The Morgan fingerprint density at radius 1 is 0.750 bits per heavy atom. The van der Waals surface area contributed by atoms with Crippen molar-refractivity contribution in [3.8, 4) is 0 Å². The molecule has 28 heavy (non-hydrogen) atoms. The van der Waals surface area contributed by atoms with Gasteiger partial charge in [-0.15, -0.1) is 0 Å². The maximum Gasteiger partial charge on any atom is 0.103 e. The number of ether oxygens (including phenoxy) is 1. The van der Waals surface area contributed by atoms with Gasteiger partial charge >= 0.3 is 0 Å². The minimum Gasteiger partial charge on any atom is -0.500 e. The van der Waals surface area contributed by atoms with Gasteiger partial charge in [0.15, 0.2) is 0 Å². The molecule has 2 rings (SSSR count). The van der Waals surface area contributed by atoms with E-state index in [0.29, 0.717) is 12.1 Å². The molecule has 0 aliphatic heterocycles. The summed E-state index contributed by atoms with van der Waals surface area (Å²) < 4.78 is 5.69. The Labute approximate surface area is 172 Å². The van der Waals surface area contributed by atoms with Crippen LogP contribution in [-0.2, 0) is 4.74 Å². The molecular weight excluding hydrogens is 344 g/mol. The highest BCUT2D eigenvalue weighted by atomic mass is 16.5. The van der Waals surface area contributed by atoms with Gasteiger partial charge in [-0.05, 0) is 76.1 Å². The summed E-state index contributed by atoms with van der Waals surface area (Å²) in [6.07, 6.45) is 2.05. The topological polar surface area (TPSA) is 33.3 Å². The number of anilines is 2. The molecule has 2 aromatic carbocycles. The molecule has 0 unspecified atom stereocenters. The minimum absolute atomic E-state index is 0.0891. The lowest BCUT2D eigenvalue weighted by atomic mass is 9.89. The van der Waals surface area contributed by atoms with E-state index in [0.717, 1.165) is 17.1 Å². The Bertz CT molecular complexity index is 647. The van der Waals surface area contributed by atoms with Crippen molar-refractivity contribution in [1.29, 1.82) is 0 Å². The van der Waals surface area contributed by atoms with Crippen LogP contribution in [-0.4, -0.2) is 19.2 Å². The molecular formula is C25H38N2O. The molecule has 0 bridgehead atoms. The summed E-state index contributed by atoms with van der Waals surface area (Å²) in [4.78, 5) is 0. The molecule has 0 fully saturated rings. The van der Waals surface area contributed by atoms with Crippen molar-refractivity contribution < 1.29 is 4.74 Å². The van der Waals surface area contributed by atoms with Crippen LogP contribution in [0.5, 0.6) is 0 Å². The van der Waals surface area contributed by atoms with E-state index in [1.54, 1.807) is 7.11 Å². The Morgan fingerprint density at radius 3 is 1.36 bits per heavy atom. The standard InChI is InChI=1S/C23H32N2O.C2H6/c1-7-22(26-6)23(18-8-12-20(13-9-18)24-16(2)3)19-10-14-21(15-11-19)25-17(4)5;1-2/h7-17,23-25H,1-6H3;1-2H3/b22-7-;. The quantitative estimate of drug-likeness (QED) is 0.481. The molecule has 0 aliphatic carbocycles. The highest BCUT2D eigenvalue weighted by Gasteiger charge is 2.19. The molecule has 3 heteroatoms. The number of methoxy groups -OCH3 is 1. The molecule has 0 amide bonds. The second-order valence-corrected chi connectivity index (χ2v) is 7.17. The van der Waals surface area contributed by atoms with Gasteiger partial charge in [0.1, 0.15) is 5.76 Å². The SMILES string of the molecule is C/C=C(\OC)C(c1ccc(NC(C)C)cc1)c1ccc(NC(C)C)cc1.CC. The zero-order valence-corrected chi connectivity index (χ0v) is 18.8. The molecule has 154 valence electrons. The number of nitrogens with one attached hydrogen (secondary N) is 2. The van der Waals surface area contributed by atoms with Crippen LogP contribution < -0.4 is 10.6 Å². The van der Waals surface area contributed by atoms with Gasteiger partial charge in [-0.2, -0.15) is 0 Å². The van der Waals surface area contributed by atoms with Crippen LogP contribution >= 0.6 is 0 Å². The van der Waals surface area contributed by atoms with Gasteiger partial charge in [-0.1, -0.05) is 38.1 Å². The second-order valence-electron chi connectivity index (χ2n) is 7.17. The van der Waals surface area contributed by atoms with Crippen LogP contribution in [0.3, 0.4) is 0 Å². The van der Waals surface area contributed by atoms with Crippen molar-refractivity contribution in [1.82, 2.24) is 0 Å². The van der Waals surface area contributed by atoms with Gasteiger partial charge in [-0.3, -0.25) is 0 Å². The number of benzene rings is 2. The summed E-state index contributed by atoms with van der Waals surface area (Å²) in [7, 11) is 1.74.